The van der Waals surface area contributed by atoms with Crippen molar-refractivity contribution in [1.29, 1.82) is 0 Å². The largest absolute Gasteiger partial charge is 0.454 e. The van der Waals surface area contributed by atoms with Crippen molar-refractivity contribution in [1.82, 2.24) is 9.88 Å². The van der Waals surface area contributed by atoms with E-state index < -0.39 is 0 Å². The SMILES string of the molecule is CN(C)CCCN(C(=O)c1ccc(Cl)cc1)c1nc2cc3c(cc2s1)OCO3. The fourth-order valence-electron chi connectivity index (χ4n) is 3.00. The van der Waals surface area contributed by atoms with Crippen molar-refractivity contribution < 1.29 is 14.3 Å². The highest BCUT2D eigenvalue weighted by Crippen LogP contribution is 2.40. The highest BCUT2D eigenvalue weighted by molar-refractivity contribution is 7.22. The van der Waals surface area contributed by atoms with Crippen LogP contribution in [0.3, 0.4) is 0 Å². The molecule has 0 fully saturated rings. The smallest absolute Gasteiger partial charge is 0.260 e. The second-order valence-electron chi connectivity index (χ2n) is 6.79. The number of rotatable bonds is 6. The van der Waals surface area contributed by atoms with Gasteiger partial charge in [-0.3, -0.25) is 9.69 Å². The van der Waals surface area contributed by atoms with Crippen LogP contribution in [0.4, 0.5) is 5.13 Å². The number of aromatic nitrogens is 1. The van der Waals surface area contributed by atoms with Crippen molar-refractivity contribution in [2.24, 2.45) is 0 Å². The van der Waals surface area contributed by atoms with Gasteiger partial charge in [0.15, 0.2) is 16.6 Å². The Kier molecular flexibility index (Phi) is 5.39. The molecule has 0 aliphatic carbocycles. The Labute approximate surface area is 172 Å². The van der Waals surface area contributed by atoms with Crippen LogP contribution in [0.25, 0.3) is 10.2 Å². The Balaban J connectivity index is 1.66. The number of amides is 1. The first kappa shape index (κ1) is 19.0. The number of ether oxygens (including phenoxy) is 2. The maximum absolute atomic E-state index is 13.2. The summed E-state index contributed by atoms with van der Waals surface area (Å²) in [5.41, 5.74) is 1.38. The number of halogens is 1. The lowest BCUT2D eigenvalue weighted by Gasteiger charge is -2.21. The number of nitrogens with zero attached hydrogens (tertiary/aromatic N) is 3. The van der Waals surface area contributed by atoms with Crippen LogP contribution < -0.4 is 14.4 Å². The summed E-state index contributed by atoms with van der Waals surface area (Å²) in [6.07, 6.45) is 0.838. The van der Waals surface area contributed by atoms with Crippen LogP contribution in [0.15, 0.2) is 36.4 Å². The van der Waals surface area contributed by atoms with E-state index in [9.17, 15) is 4.79 Å². The number of hydrogen-bond acceptors (Lipinski definition) is 6. The zero-order valence-electron chi connectivity index (χ0n) is 15.6. The number of benzene rings is 2. The summed E-state index contributed by atoms with van der Waals surface area (Å²) in [6.45, 7) is 1.68. The summed E-state index contributed by atoms with van der Waals surface area (Å²) in [7, 11) is 4.04. The van der Waals surface area contributed by atoms with Gasteiger partial charge in [-0.25, -0.2) is 4.98 Å². The predicted octanol–water partition coefficient (Wildman–Crippen LogP) is 4.28. The van der Waals surface area contributed by atoms with Gasteiger partial charge in [-0.05, 0) is 51.3 Å². The molecule has 0 atom stereocenters. The molecule has 1 aromatic heterocycles. The minimum atomic E-state index is -0.0884. The van der Waals surface area contributed by atoms with E-state index in [1.165, 1.54) is 11.3 Å². The first-order valence-corrected chi connectivity index (χ1v) is 10.1. The van der Waals surface area contributed by atoms with Crippen molar-refractivity contribution in [2.75, 3.05) is 38.9 Å². The number of carbonyl (C=O) groups excluding carboxylic acids is 1. The molecule has 0 radical (unpaired) electrons. The van der Waals surface area contributed by atoms with Gasteiger partial charge in [0.1, 0.15) is 0 Å². The lowest BCUT2D eigenvalue weighted by molar-refractivity contribution is 0.0986. The second-order valence-corrected chi connectivity index (χ2v) is 8.24. The van der Waals surface area contributed by atoms with Gasteiger partial charge < -0.3 is 14.4 Å². The van der Waals surface area contributed by atoms with Crippen molar-refractivity contribution in [3.05, 3.63) is 47.0 Å². The Bertz CT molecular complexity index is 963. The number of thiazole rings is 1. The van der Waals surface area contributed by atoms with E-state index in [4.69, 9.17) is 26.1 Å². The standard InChI is InChI=1S/C20H20ClN3O3S/c1-23(2)8-3-9-24(19(25)13-4-6-14(21)7-5-13)20-22-15-10-16-17(27-12-26-16)11-18(15)28-20/h4-7,10-11H,3,8-9,12H2,1-2H3. The van der Waals surface area contributed by atoms with Gasteiger partial charge in [-0.1, -0.05) is 22.9 Å². The molecule has 0 saturated carbocycles. The molecule has 4 rings (SSSR count). The van der Waals surface area contributed by atoms with Crippen LogP contribution in [-0.2, 0) is 0 Å². The van der Waals surface area contributed by atoms with Crippen LogP contribution in [0.1, 0.15) is 16.8 Å². The average Bonchev–Trinajstić information content (AvgIpc) is 3.28. The summed E-state index contributed by atoms with van der Waals surface area (Å²) in [5.74, 6) is 1.31. The second kappa shape index (κ2) is 7.95. The van der Waals surface area contributed by atoms with Crippen LogP contribution in [0.5, 0.6) is 11.5 Å². The van der Waals surface area contributed by atoms with E-state index >= 15 is 0 Å². The van der Waals surface area contributed by atoms with E-state index in [0.29, 0.717) is 33.8 Å². The molecule has 0 spiro atoms. The lowest BCUT2D eigenvalue weighted by Crippen LogP contribution is -2.33. The first-order chi connectivity index (χ1) is 13.5. The summed E-state index contributed by atoms with van der Waals surface area (Å²) in [6, 6.07) is 10.7. The number of carbonyl (C=O) groups is 1. The Morgan fingerprint density at radius 1 is 1.14 bits per heavy atom. The molecule has 8 heteroatoms. The van der Waals surface area contributed by atoms with Crippen LogP contribution in [-0.4, -0.2) is 49.8 Å². The van der Waals surface area contributed by atoms with E-state index in [1.54, 1.807) is 29.2 Å². The van der Waals surface area contributed by atoms with Gasteiger partial charge in [-0.15, -0.1) is 0 Å². The molecule has 0 saturated heterocycles. The minimum absolute atomic E-state index is 0.0884. The van der Waals surface area contributed by atoms with E-state index in [-0.39, 0.29) is 12.7 Å². The monoisotopic (exact) mass is 417 g/mol. The van der Waals surface area contributed by atoms with E-state index in [2.05, 4.69) is 4.90 Å². The fraction of sp³-hybridized carbons (Fsp3) is 0.300. The molecule has 0 unspecified atom stereocenters. The van der Waals surface area contributed by atoms with Crippen molar-refractivity contribution in [3.63, 3.8) is 0 Å². The highest BCUT2D eigenvalue weighted by atomic mass is 35.5. The van der Waals surface area contributed by atoms with Gasteiger partial charge in [0.05, 0.1) is 10.2 Å². The Hall–Kier alpha value is -2.35. The van der Waals surface area contributed by atoms with Gasteiger partial charge in [0, 0.05) is 29.3 Å². The number of hydrogen-bond donors (Lipinski definition) is 0. The summed E-state index contributed by atoms with van der Waals surface area (Å²) >= 11 is 7.44. The van der Waals surface area contributed by atoms with Crippen LogP contribution in [0.2, 0.25) is 5.02 Å². The van der Waals surface area contributed by atoms with Crippen molar-refractivity contribution in [3.8, 4) is 11.5 Å². The third-order valence-electron chi connectivity index (χ3n) is 4.43. The molecule has 146 valence electrons. The quantitative estimate of drug-likeness (QED) is 0.599. The van der Waals surface area contributed by atoms with E-state index in [1.807, 2.05) is 26.2 Å². The number of anilines is 1. The average molecular weight is 418 g/mol. The normalized spacial score (nSPS) is 12.7. The topological polar surface area (TPSA) is 54.9 Å². The maximum atomic E-state index is 13.2. The molecule has 28 heavy (non-hydrogen) atoms. The molecule has 2 aromatic carbocycles. The lowest BCUT2D eigenvalue weighted by atomic mass is 10.2. The fourth-order valence-corrected chi connectivity index (χ4v) is 4.12. The molecular weight excluding hydrogens is 398 g/mol. The highest BCUT2D eigenvalue weighted by Gasteiger charge is 2.23. The van der Waals surface area contributed by atoms with Gasteiger partial charge in [0.2, 0.25) is 6.79 Å². The Morgan fingerprint density at radius 2 is 1.86 bits per heavy atom. The molecular formula is C20H20ClN3O3S. The predicted molar refractivity (Wildman–Crippen MR) is 112 cm³/mol. The number of fused-ring (bicyclic) bond motifs is 2. The molecule has 0 N–H and O–H groups in total. The molecule has 1 amide bonds. The Morgan fingerprint density at radius 3 is 2.57 bits per heavy atom. The van der Waals surface area contributed by atoms with Gasteiger partial charge in [0.25, 0.3) is 5.91 Å². The van der Waals surface area contributed by atoms with Crippen LogP contribution in [0, 0.1) is 0 Å². The molecule has 0 bridgehead atoms. The third kappa shape index (κ3) is 3.92. The molecule has 1 aliphatic heterocycles. The van der Waals surface area contributed by atoms with Gasteiger partial charge >= 0.3 is 0 Å². The molecule has 2 heterocycles. The van der Waals surface area contributed by atoms with Crippen LogP contribution >= 0.6 is 22.9 Å². The first-order valence-electron chi connectivity index (χ1n) is 8.93. The van der Waals surface area contributed by atoms with Crippen molar-refractivity contribution >= 4 is 44.2 Å². The van der Waals surface area contributed by atoms with Crippen molar-refractivity contribution in [2.45, 2.75) is 6.42 Å². The minimum Gasteiger partial charge on any atom is -0.454 e. The summed E-state index contributed by atoms with van der Waals surface area (Å²) in [4.78, 5) is 21.7. The van der Waals surface area contributed by atoms with Gasteiger partial charge in [-0.2, -0.15) is 0 Å². The zero-order chi connectivity index (χ0) is 19.7. The zero-order valence-corrected chi connectivity index (χ0v) is 17.2. The maximum Gasteiger partial charge on any atom is 0.260 e. The molecule has 1 aliphatic rings. The van der Waals surface area contributed by atoms with E-state index in [0.717, 1.165) is 23.2 Å². The summed E-state index contributed by atoms with van der Waals surface area (Å²) in [5, 5.41) is 1.27. The summed E-state index contributed by atoms with van der Waals surface area (Å²) < 4.78 is 11.9. The third-order valence-corrected chi connectivity index (χ3v) is 5.72. The molecule has 6 nitrogen and oxygen atoms in total. The molecule has 3 aromatic rings.